The highest BCUT2D eigenvalue weighted by atomic mass is 19.1. The van der Waals surface area contributed by atoms with Gasteiger partial charge in [-0.25, -0.2) is 19.0 Å². The molecule has 0 fully saturated rings. The summed E-state index contributed by atoms with van der Waals surface area (Å²) in [6.07, 6.45) is 4.15. The molecule has 0 spiro atoms. The lowest BCUT2D eigenvalue weighted by atomic mass is 10.1. The molecule has 13 nitrogen and oxygen atoms in total. The summed E-state index contributed by atoms with van der Waals surface area (Å²) in [6, 6.07) is 7.94. The molecule has 5 N–H and O–H groups in total. The van der Waals surface area contributed by atoms with Crippen LogP contribution in [0, 0.1) is 17.5 Å². The van der Waals surface area contributed by atoms with Crippen LogP contribution in [0.4, 0.5) is 13.2 Å². The van der Waals surface area contributed by atoms with Gasteiger partial charge in [0.2, 0.25) is 0 Å². The molecule has 0 atom stereocenters. The predicted octanol–water partition coefficient (Wildman–Crippen LogP) is 3.71. The first-order valence-corrected chi connectivity index (χ1v) is 17.5. The summed E-state index contributed by atoms with van der Waals surface area (Å²) in [4.78, 5) is 0. The molecule has 2 aromatic carbocycles. The molecule has 0 aliphatic heterocycles. The van der Waals surface area contributed by atoms with Crippen molar-refractivity contribution in [2.75, 3.05) is 119 Å². The molecule has 0 aliphatic rings. The van der Waals surface area contributed by atoms with Gasteiger partial charge in [-0.05, 0) is 43.5 Å². The van der Waals surface area contributed by atoms with Crippen molar-refractivity contribution in [3.05, 3.63) is 71.3 Å². The number of rotatable bonds is 34. The van der Waals surface area contributed by atoms with E-state index in [1.54, 1.807) is 30.5 Å². The number of allylic oxidation sites excluding steroid dienone is 1. The van der Waals surface area contributed by atoms with E-state index in [1.165, 1.54) is 5.01 Å². The average Bonchev–Trinajstić information content (AvgIpc) is 3.11. The molecule has 0 aromatic heterocycles. The molecule has 0 saturated heterocycles. The zero-order chi connectivity index (χ0) is 37.5. The third kappa shape index (κ3) is 24.1. The molecule has 0 amide bonds. The van der Waals surface area contributed by atoms with Crippen molar-refractivity contribution in [2.45, 2.75) is 25.7 Å². The van der Waals surface area contributed by atoms with Crippen LogP contribution < -0.4 is 16.3 Å². The van der Waals surface area contributed by atoms with Gasteiger partial charge in [-0.2, -0.15) is 0 Å². The number of aromatic hydroxyl groups is 1. The molecule has 2 rings (SSSR count). The van der Waals surface area contributed by atoms with Crippen LogP contribution in [-0.4, -0.2) is 129 Å². The molecule has 0 aliphatic carbocycles. The number of unbranched alkanes of at least 4 members (excludes halogenated alkanes) is 1. The van der Waals surface area contributed by atoms with Crippen molar-refractivity contribution in [1.29, 1.82) is 0 Å². The Morgan fingerprint density at radius 2 is 1.02 bits per heavy atom. The van der Waals surface area contributed by atoms with E-state index in [1.807, 2.05) is 0 Å². The minimum Gasteiger partial charge on any atom is -0.508 e. The number of halogens is 3. The highest BCUT2D eigenvalue weighted by Crippen LogP contribution is 2.17. The van der Waals surface area contributed by atoms with E-state index < -0.39 is 17.5 Å². The Labute approximate surface area is 304 Å². The van der Waals surface area contributed by atoms with Crippen LogP contribution in [0.25, 0.3) is 0 Å². The Hall–Kier alpha value is -3.19. The minimum absolute atomic E-state index is 0.00572. The number of nitrogens with two attached hydrogens (primary N) is 2. The summed E-state index contributed by atoms with van der Waals surface area (Å²) < 4.78 is 89.2. The number of phenolic OH excluding ortho intramolecular Hbond substituents is 1. The Bertz CT molecular complexity index is 1180. The van der Waals surface area contributed by atoms with Gasteiger partial charge in [0.1, 0.15) is 29.0 Å². The van der Waals surface area contributed by atoms with Crippen LogP contribution in [-0.2, 0) is 44.3 Å². The summed E-state index contributed by atoms with van der Waals surface area (Å²) in [5.41, 5.74) is 6.55. The minimum atomic E-state index is -0.948. The number of nitrogens with zero attached hydrogens (tertiary/aromatic N) is 1. The standard InChI is InChI=1S/C36H56F3N3O10/c37-30-27-35(38)34(36(39)28-30)8-11-44-13-15-46-17-19-48-21-23-50-25-26-51-24-22-49-20-18-47-16-14-45-12-9-42(41)29-31(40)3-1-2-10-52-33-6-4-32(43)5-7-33/h4-7,27-29,43H,1-3,8-26,40-41H2/b31-29-. The molecule has 2 aromatic rings. The molecule has 0 unspecified atom stereocenters. The third-order valence-corrected chi connectivity index (χ3v) is 7.00. The molecule has 296 valence electrons. The molecule has 0 radical (unpaired) electrons. The summed E-state index contributed by atoms with van der Waals surface area (Å²) >= 11 is 0. The average molecular weight is 748 g/mol. The maximum absolute atomic E-state index is 13.6. The zero-order valence-electron chi connectivity index (χ0n) is 30.0. The molecule has 52 heavy (non-hydrogen) atoms. The number of benzene rings is 2. The van der Waals surface area contributed by atoms with Crippen molar-refractivity contribution >= 4 is 0 Å². The molecule has 0 saturated carbocycles. The van der Waals surface area contributed by atoms with Crippen LogP contribution in [0.5, 0.6) is 11.5 Å². The fraction of sp³-hybridized carbons (Fsp3) is 0.611. The van der Waals surface area contributed by atoms with Gasteiger partial charge in [0.25, 0.3) is 0 Å². The van der Waals surface area contributed by atoms with E-state index in [4.69, 9.17) is 54.2 Å². The van der Waals surface area contributed by atoms with Crippen LogP contribution in [0.1, 0.15) is 24.8 Å². The maximum atomic E-state index is 13.6. The Morgan fingerprint density at radius 1 is 0.596 bits per heavy atom. The van der Waals surface area contributed by atoms with Crippen molar-refractivity contribution in [3.8, 4) is 11.5 Å². The summed E-state index contributed by atoms with van der Waals surface area (Å²) in [5, 5.41) is 10.8. The maximum Gasteiger partial charge on any atom is 0.132 e. The molecule has 0 heterocycles. The van der Waals surface area contributed by atoms with E-state index >= 15 is 0 Å². The normalized spacial score (nSPS) is 11.7. The van der Waals surface area contributed by atoms with E-state index in [2.05, 4.69) is 0 Å². The van der Waals surface area contributed by atoms with Gasteiger partial charge in [0.15, 0.2) is 0 Å². The number of hydrogen-bond donors (Lipinski definition) is 3. The molecular formula is C36H56F3N3O10. The van der Waals surface area contributed by atoms with Gasteiger partial charge < -0.3 is 58.5 Å². The van der Waals surface area contributed by atoms with E-state index in [9.17, 15) is 18.3 Å². The highest BCUT2D eigenvalue weighted by molar-refractivity contribution is 5.30. The highest BCUT2D eigenvalue weighted by Gasteiger charge is 2.11. The summed E-state index contributed by atoms with van der Waals surface area (Å²) in [5.74, 6) is 4.11. The summed E-state index contributed by atoms with van der Waals surface area (Å²) in [6.45, 7) is 7.41. The quantitative estimate of drug-likeness (QED) is 0.0541. The second-order valence-corrected chi connectivity index (χ2v) is 11.2. The first kappa shape index (κ1) is 45.0. The first-order valence-electron chi connectivity index (χ1n) is 17.5. The topological polar surface area (TPSA) is 159 Å². The van der Waals surface area contributed by atoms with Crippen molar-refractivity contribution in [1.82, 2.24) is 5.01 Å². The Balaban J connectivity index is 1.23. The lowest BCUT2D eigenvalue weighted by molar-refractivity contribution is -0.0232. The number of hydrogen-bond acceptors (Lipinski definition) is 13. The van der Waals surface area contributed by atoms with Crippen LogP contribution in [0.15, 0.2) is 48.3 Å². The van der Waals surface area contributed by atoms with Gasteiger partial charge >= 0.3 is 0 Å². The predicted molar refractivity (Wildman–Crippen MR) is 187 cm³/mol. The van der Waals surface area contributed by atoms with E-state index in [-0.39, 0.29) is 30.9 Å². The zero-order valence-corrected chi connectivity index (χ0v) is 30.0. The van der Waals surface area contributed by atoms with Crippen LogP contribution in [0.2, 0.25) is 0 Å². The largest absolute Gasteiger partial charge is 0.508 e. The van der Waals surface area contributed by atoms with E-state index in [0.29, 0.717) is 130 Å². The Morgan fingerprint density at radius 3 is 1.48 bits per heavy atom. The number of ether oxygens (including phenoxy) is 9. The van der Waals surface area contributed by atoms with Gasteiger partial charge in [0.05, 0.1) is 119 Å². The smallest absolute Gasteiger partial charge is 0.132 e. The fourth-order valence-electron chi connectivity index (χ4n) is 4.30. The second-order valence-electron chi connectivity index (χ2n) is 11.2. The van der Waals surface area contributed by atoms with Gasteiger partial charge in [-0.15, -0.1) is 0 Å². The lowest BCUT2D eigenvalue weighted by Gasteiger charge is -2.15. The fourth-order valence-corrected chi connectivity index (χ4v) is 4.30. The molecular weight excluding hydrogens is 691 g/mol. The first-order chi connectivity index (χ1) is 25.3. The van der Waals surface area contributed by atoms with Crippen molar-refractivity contribution < 1.29 is 60.9 Å². The second kappa shape index (κ2) is 30.3. The van der Waals surface area contributed by atoms with E-state index in [0.717, 1.165) is 18.6 Å². The lowest BCUT2D eigenvalue weighted by Crippen LogP contribution is -2.30. The monoisotopic (exact) mass is 747 g/mol. The van der Waals surface area contributed by atoms with Crippen molar-refractivity contribution in [3.63, 3.8) is 0 Å². The number of hydrazine groups is 1. The van der Waals surface area contributed by atoms with Gasteiger partial charge in [-0.3, -0.25) is 0 Å². The molecule has 0 bridgehead atoms. The Kier molecular flexibility index (Phi) is 26.2. The third-order valence-electron chi connectivity index (χ3n) is 7.00. The summed E-state index contributed by atoms with van der Waals surface area (Å²) in [7, 11) is 0. The number of phenols is 1. The van der Waals surface area contributed by atoms with Crippen molar-refractivity contribution in [2.24, 2.45) is 11.6 Å². The molecule has 16 heteroatoms. The SMILES string of the molecule is N/C(=C\N(N)CCOCCOCCOCCOCCOCCOCCOCCOCCc1c(F)cc(F)cc1F)CCCCOc1ccc(O)cc1. The van der Waals surface area contributed by atoms with Gasteiger partial charge in [-0.1, -0.05) is 0 Å². The van der Waals surface area contributed by atoms with Gasteiger partial charge in [0, 0.05) is 36.0 Å². The van der Waals surface area contributed by atoms with Crippen LogP contribution in [0.3, 0.4) is 0 Å². The van der Waals surface area contributed by atoms with Crippen LogP contribution >= 0.6 is 0 Å².